The molecular formula is C14H23N3O4S. The zero-order chi connectivity index (χ0) is 16.2. The first kappa shape index (κ1) is 16.8. The number of hydrogen-bond donors (Lipinski definition) is 2. The van der Waals surface area contributed by atoms with E-state index in [0.717, 1.165) is 18.6 Å². The molecule has 0 spiro atoms. The Balaban J connectivity index is 1.97. The first-order valence-electron chi connectivity index (χ1n) is 7.42. The number of hydrogen-bond acceptors (Lipinski definition) is 4. The van der Waals surface area contributed by atoms with Crippen molar-refractivity contribution in [2.45, 2.75) is 25.8 Å². The van der Waals surface area contributed by atoms with Gasteiger partial charge in [-0.05, 0) is 37.9 Å². The minimum atomic E-state index is -3.31. The van der Waals surface area contributed by atoms with Crippen molar-refractivity contribution in [1.82, 2.24) is 14.9 Å². The monoisotopic (exact) mass is 329 g/mol. The smallest absolute Gasteiger partial charge is 0.318 e. The number of amides is 2. The molecule has 0 aliphatic carbocycles. The van der Waals surface area contributed by atoms with Gasteiger partial charge >= 0.3 is 6.03 Å². The summed E-state index contributed by atoms with van der Waals surface area (Å²) in [4.78, 5) is 14.1. The SMILES string of the molecule is CNS(=O)(=O)CCNC(=O)N1CC[C@@H](C)C[C@H]1c1ccco1. The predicted molar refractivity (Wildman–Crippen MR) is 82.8 cm³/mol. The molecule has 0 saturated carbocycles. The number of rotatable bonds is 5. The van der Waals surface area contributed by atoms with Crippen molar-refractivity contribution in [3.05, 3.63) is 24.2 Å². The summed E-state index contributed by atoms with van der Waals surface area (Å²) in [7, 11) is -1.96. The molecule has 7 nitrogen and oxygen atoms in total. The van der Waals surface area contributed by atoms with Crippen LogP contribution in [0.5, 0.6) is 0 Å². The summed E-state index contributed by atoms with van der Waals surface area (Å²) in [6.07, 6.45) is 3.37. The summed E-state index contributed by atoms with van der Waals surface area (Å²) in [6.45, 7) is 2.88. The lowest BCUT2D eigenvalue weighted by Gasteiger charge is -2.37. The van der Waals surface area contributed by atoms with Gasteiger partial charge in [-0.2, -0.15) is 0 Å². The first-order chi connectivity index (χ1) is 10.4. The average molecular weight is 329 g/mol. The Labute approximate surface area is 131 Å². The summed E-state index contributed by atoms with van der Waals surface area (Å²) < 4.78 is 30.4. The highest BCUT2D eigenvalue weighted by atomic mass is 32.2. The maximum Gasteiger partial charge on any atom is 0.318 e. The summed E-state index contributed by atoms with van der Waals surface area (Å²) in [6, 6.07) is 3.33. The average Bonchev–Trinajstić information content (AvgIpc) is 3.01. The van der Waals surface area contributed by atoms with E-state index in [9.17, 15) is 13.2 Å². The van der Waals surface area contributed by atoms with Crippen LogP contribution in [-0.4, -0.2) is 45.2 Å². The van der Waals surface area contributed by atoms with E-state index < -0.39 is 10.0 Å². The molecule has 1 aromatic rings. The van der Waals surface area contributed by atoms with E-state index in [2.05, 4.69) is 17.0 Å². The Bertz CT molecular complexity index is 585. The van der Waals surface area contributed by atoms with Gasteiger partial charge < -0.3 is 14.6 Å². The van der Waals surface area contributed by atoms with Gasteiger partial charge in [-0.1, -0.05) is 6.92 Å². The van der Waals surface area contributed by atoms with E-state index in [-0.39, 0.29) is 24.4 Å². The Morgan fingerprint density at radius 2 is 2.27 bits per heavy atom. The topological polar surface area (TPSA) is 91.7 Å². The van der Waals surface area contributed by atoms with Crippen LogP contribution in [0.3, 0.4) is 0 Å². The number of likely N-dealkylation sites (tertiary alicyclic amines) is 1. The number of urea groups is 1. The Kier molecular flexibility index (Phi) is 5.47. The van der Waals surface area contributed by atoms with Crippen LogP contribution in [0.4, 0.5) is 4.79 Å². The fraction of sp³-hybridized carbons (Fsp3) is 0.643. The lowest BCUT2D eigenvalue weighted by Crippen LogP contribution is -2.47. The molecule has 0 bridgehead atoms. The van der Waals surface area contributed by atoms with Crippen LogP contribution in [0.25, 0.3) is 0 Å². The van der Waals surface area contributed by atoms with Crippen LogP contribution in [-0.2, 0) is 10.0 Å². The molecular weight excluding hydrogens is 306 g/mol. The van der Waals surface area contributed by atoms with Gasteiger partial charge in [0.15, 0.2) is 0 Å². The standard InChI is InChI=1S/C14H23N3O4S/c1-11-5-7-17(12(10-11)13-4-3-8-21-13)14(18)16-6-9-22(19,20)15-2/h3-4,8,11-12,15H,5-7,9-10H2,1-2H3,(H,16,18)/t11-,12+/m1/s1. The van der Waals surface area contributed by atoms with Gasteiger partial charge in [0.25, 0.3) is 0 Å². The quantitative estimate of drug-likeness (QED) is 0.852. The molecule has 8 heteroatoms. The lowest BCUT2D eigenvalue weighted by molar-refractivity contribution is 0.120. The number of nitrogens with zero attached hydrogens (tertiary/aromatic N) is 1. The highest BCUT2D eigenvalue weighted by Gasteiger charge is 2.32. The molecule has 2 rings (SSSR count). The van der Waals surface area contributed by atoms with Crippen LogP contribution >= 0.6 is 0 Å². The Hall–Kier alpha value is -1.54. The van der Waals surface area contributed by atoms with Gasteiger partial charge in [0.05, 0.1) is 18.1 Å². The number of carbonyl (C=O) groups is 1. The lowest BCUT2D eigenvalue weighted by atomic mass is 9.91. The van der Waals surface area contributed by atoms with Crippen molar-refractivity contribution in [2.75, 3.05) is 25.9 Å². The van der Waals surface area contributed by atoms with Crippen LogP contribution in [0.2, 0.25) is 0 Å². The van der Waals surface area contributed by atoms with Crippen molar-refractivity contribution >= 4 is 16.1 Å². The molecule has 1 aliphatic heterocycles. The molecule has 1 aliphatic rings. The fourth-order valence-electron chi connectivity index (χ4n) is 2.63. The second-order valence-electron chi connectivity index (χ2n) is 5.61. The summed E-state index contributed by atoms with van der Waals surface area (Å²) in [5.41, 5.74) is 0. The van der Waals surface area contributed by atoms with Crippen molar-refractivity contribution < 1.29 is 17.6 Å². The van der Waals surface area contributed by atoms with Crippen LogP contribution in [0, 0.1) is 5.92 Å². The zero-order valence-electron chi connectivity index (χ0n) is 12.9. The molecule has 1 saturated heterocycles. The van der Waals surface area contributed by atoms with Gasteiger partial charge in [-0.15, -0.1) is 0 Å². The van der Waals surface area contributed by atoms with E-state index in [1.807, 2.05) is 12.1 Å². The summed E-state index contributed by atoms with van der Waals surface area (Å²) in [5.74, 6) is 1.15. The minimum absolute atomic E-state index is 0.0823. The van der Waals surface area contributed by atoms with E-state index in [0.29, 0.717) is 12.5 Å². The molecule has 0 aromatic carbocycles. The molecule has 2 atom stereocenters. The zero-order valence-corrected chi connectivity index (χ0v) is 13.7. The highest BCUT2D eigenvalue weighted by Crippen LogP contribution is 2.34. The molecule has 22 heavy (non-hydrogen) atoms. The van der Waals surface area contributed by atoms with Gasteiger partial charge in [-0.3, -0.25) is 0 Å². The second-order valence-corrected chi connectivity index (χ2v) is 7.66. The van der Waals surface area contributed by atoms with Crippen LogP contribution in [0.1, 0.15) is 31.6 Å². The third kappa shape index (κ3) is 4.23. The van der Waals surface area contributed by atoms with Crippen LogP contribution in [0.15, 0.2) is 22.8 Å². The minimum Gasteiger partial charge on any atom is -0.467 e. The van der Waals surface area contributed by atoms with Gasteiger partial charge in [0, 0.05) is 13.1 Å². The number of nitrogens with one attached hydrogen (secondary N) is 2. The maximum absolute atomic E-state index is 12.3. The molecule has 1 fully saturated rings. The molecule has 2 heterocycles. The number of piperidine rings is 1. The molecule has 0 radical (unpaired) electrons. The van der Waals surface area contributed by atoms with Crippen LogP contribution < -0.4 is 10.0 Å². The van der Waals surface area contributed by atoms with Crippen molar-refractivity contribution in [3.63, 3.8) is 0 Å². The van der Waals surface area contributed by atoms with Crippen molar-refractivity contribution in [3.8, 4) is 0 Å². The van der Waals surface area contributed by atoms with Gasteiger partial charge in [0.1, 0.15) is 5.76 Å². The summed E-state index contributed by atoms with van der Waals surface area (Å²) in [5, 5.41) is 2.68. The maximum atomic E-state index is 12.3. The van der Waals surface area contributed by atoms with Crippen molar-refractivity contribution in [2.24, 2.45) is 5.92 Å². The van der Waals surface area contributed by atoms with E-state index >= 15 is 0 Å². The van der Waals surface area contributed by atoms with Crippen molar-refractivity contribution in [1.29, 1.82) is 0 Å². The van der Waals surface area contributed by atoms with Gasteiger partial charge in [-0.25, -0.2) is 17.9 Å². The van der Waals surface area contributed by atoms with E-state index in [1.165, 1.54) is 7.05 Å². The molecule has 124 valence electrons. The van der Waals surface area contributed by atoms with Gasteiger partial charge in [0.2, 0.25) is 10.0 Å². The highest BCUT2D eigenvalue weighted by molar-refractivity contribution is 7.89. The number of furan rings is 1. The first-order valence-corrected chi connectivity index (χ1v) is 9.07. The van der Waals surface area contributed by atoms with E-state index in [1.54, 1.807) is 11.2 Å². The number of carbonyl (C=O) groups excluding carboxylic acids is 1. The fourth-order valence-corrected chi connectivity index (χ4v) is 3.21. The number of sulfonamides is 1. The predicted octanol–water partition coefficient (Wildman–Crippen LogP) is 1.31. The molecule has 1 aromatic heterocycles. The molecule has 0 unspecified atom stereocenters. The largest absolute Gasteiger partial charge is 0.467 e. The van der Waals surface area contributed by atoms with E-state index in [4.69, 9.17) is 4.42 Å². The third-order valence-electron chi connectivity index (χ3n) is 3.96. The molecule has 2 amide bonds. The Morgan fingerprint density at radius 3 is 2.91 bits per heavy atom. The second kappa shape index (κ2) is 7.15. The normalized spacial score (nSPS) is 22.5. The Morgan fingerprint density at radius 1 is 1.50 bits per heavy atom. The third-order valence-corrected chi connectivity index (χ3v) is 5.32. The summed E-state index contributed by atoms with van der Waals surface area (Å²) >= 11 is 0. The molecule has 2 N–H and O–H groups in total.